The van der Waals surface area contributed by atoms with Crippen LogP contribution in [0.4, 0.5) is 4.79 Å². The van der Waals surface area contributed by atoms with Gasteiger partial charge in [-0.25, -0.2) is 4.79 Å². The Bertz CT molecular complexity index is 447. The van der Waals surface area contributed by atoms with Crippen molar-refractivity contribution < 1.29 is 14.7 Å². The summed E-state index contributed by atoms with van der Waals surface area (Å²) in [7, 11) is 0. The van der Waals surface area contributed by atoms with Crippen molar-refractivity contribution in [1.82, 2.24) is 10.2 Å². The SMILES string of the molecule is CCC(NC(=O)N1C[C@@H]2CCC[C@@]2(C(=O)O)C1)C1CCCC1. The molecule has 0 radical (unpaired) electrons. The van der Waals surface area contributed by atoms with Crippen molar-refractivity contribution in [2.24, 2.45) is 17.3 Å². The van der Waals surface area contributed by atoms with Gasteiger partial charge >= 0.3 is 12.0 Å². The van der Waals surface area contributed by atoms with Crippen LogP contribution in [0, 0.1) is 17.3 Å². The van der Waals surface area contributed by atoms with E-state index in [0.29, 0.717) is 19.0 Å². The molecule has 0 bridgehead atoms. The number of nitrogens with one attached hydrogen (secondary N) is 1. The predicted molar refractivity (Wildman–Crippen MR) is 83.6 cm³/mol. The molecule has 0 aromatic heterocycles. The minimum Gasteiger partial charge on any atom is -0.481 e. The lowest BCUT2D eigenvalue weighted by molar-refractivity contribution is -0.149. The summed E-state index contributed by atoms with van der Waals surface area (Å²) >= 11 is 0. The third-order valence-corrected chi connectivity index (χ3v) is 6.30. The number of carboxylic acids is 1. The first-order valence-corrected chi connectivity index (χ1v) is 8.85. The lowest BCUT2D eigenvalue weighted by atomic mass is 9.81. The van der Waals surface area contributed by atoms with Gasteiger partial charge in [-0.2, -0.15) is 0 Å². The van der Waals surface area contributed by atoms with Gasteiger partial charge in [-0.1, -0.05) is 26.2 Å². The van der Waals surface area contributed by atoms with Crippen LogP contribution in [-0.4, -0.2) is 41.1 Å². The lowest BCUT2D eigenvalue weighted by Gasteiger charge is -2.28. The van der Waals surface area contributed by atoms with Crippen LogP contribution in [0.15, 0.2) is 0 Å². The van der Waals surface area contributed by atoms with E-state index < -0.39 is 11.4 Å². The summed E-state index contributed by atoms with van der Waals surface area (Å²) in [6, 6.07) is 0.199. The average molecular weight is 308 g/mol. The van der Waals surface area contributed by atoms with Crippen molar-refractivity contribution in [2.75, 3.05) is 13.1 Å². The standard InChI is InChI=1S/C17H28N2O3/c1-2-14(12-6-3-4-7-12)18-16(22)19-10-13-8-5-9-17(13,11-19)15(20)21/h12-14H,2-11H2,1H3,(H,18,22)(H,20,21)/t13-,14?,17+/m0/s1. The summed E-state index contributed by atoms with van der Waals surface area (Å²) in [5, 5.41) is 12.8. The molecule has 5 heteroatoms. The van der Waals surface area contributed by atoms with Crippen molar-refractivity contribution in [3.8, 4) is 0 Å². The molecule has 2 N–H and O–H groups in total. The van der Waals surface area contributed by atoms with E-state index in [9.17, 15) is 14.7 Å². The van der Waals surface area contributed by atoms with Crippen molar-refractivity contribution >= 4 is 12.0 Å². The van der Waals surface area contributed by atoms with E-state index in [-0.39, 0.29) is 18.0 Å². The van der Waals surface area contributed by atoms with Gasteiger partial charge in [-0.3, -0.25) is 4.79 Å². The highest BCUT2D eigenvalue weighted by Crippen LogP contribution is 2.48. The third-order valence-electron chi connectivity index (χ3n) is 6.30. The van der Waals surface area contributed by atoms with Crippen molar-refractivity contribution in [1.29, 1.82) is 0 Å². The number of hydrogen-bond donors (Lipinski definition) is 2. The van der Waals surface area contributed by atoms with Gasteiger partial charge in [0.2, 0.25) is 0 Å². The van der Waals surface area contributed by atoms with E-state index >= 15 is 0 Å². The molecule has 1 heterocycles. The molecular weight excluding hydrogens is 280 g/mol. The maximum absolute atomic E-state index is 12.6. The monoisotopic (exact) mass is 308 g/mol. The zero-order chi connectivity index (χ0) is 15.7. The maximum Gasteiger partial charge on any atom is 0.317 e. The number of carboxylic acid groups (broad SMARTS) is 1. The van der Waals surface area contributed by atoms with E-state index in [1.165, 1.54) is 25.7 Å². The van der Waals surface area contributed by atoms with Gasteiger partial charge in [-0.05, 0) is 43.9 Å². The molecule has 22 heavy (non-hydrogen) atoms. The highest BCUT2D eigenvalue weighted by atomic mass is 16.4. The number of likely N-dealkylation sites (tertiary alicyclic amines) is 1. The first-order valence-electron chi connectivity index (χ1n) is 8.85. The maximum atomic E-state index is 12.6. The quantitative estimate of drug-likeness (QED) is 0.839. The fourth-order valence-electron chi connectivity index (χ4n) is 4.96. The van der Waals surface area contributed by atoms with Crippen LogP contribution in [0.1, 0.15) is 58.3 Å². The number of carbonyl (C=O) groups excluding carboxylic acids is 1. The average Bonchev–Trinajstić information content (AvgIpc) is 3.18. The Kier molecular flexibility index (Phi) is 4.33. The summed E-state index contributed by atoms with van der Waals surface area (Å²) in [5.74, 6) is 0.0277. The Balaban J connectivity index is 1.62. The van der Waals surface area contributed by atoms with Crippen LogP contribution in [0.2, 0.25) is 0 Å². The number of fused-ring (bicyclic) bond motifs is 1. The highest BCUT2D eigenvalue weighted by molar-refractivity contribution is 5.80. The summed E-state index contributed by atoms with van der Waals surface area (Å²) in [6.07, 6.45) is 8.55. The summed E-state index contributed by atoms with van der Waals surface area (Å²) in [4.78, 5) is 26.1. The molecule has 0 spiro atoms. The third kappa shape index (κ3) is 2.59. The van der Waals surface area contributed by atoms with Crippen molar-refractivity contribution in [3.63, 3.8) is 0 Å². The molecule has 0 aromatic rings. The molecule has 0 aromatic carbocycles. The minimum atomic E-state index is -0.715. The van der Waals surface area contributed by atoms with Crippen LogP contribution < -0.4 is 5.32 Å². The Hall–Kier alpha value is -1.26. The molecule has 124 valence electrons. The Morgan fingerprint density at radius 1 is 1.27 bits per heavy atom. The van der Waals surface area contributed by atoms with Gasteiger partial charge in [0.15, 0.2) is 0 Å². The van der Waals surface area contributed by atoms with Crippen LogP contribution in [0.25, 0.3) is 0 Å². The van der Waals surface area contributed by atoms with Crippen LogP contribution in [-0.2, 0) is 4.79 Å². The number of carbonyl (C=O) groups is 2. The van der Waals surface area contributed by atoms with Gasteiger partial charge in [0, 0.05) is 19.1 Å². The minimum absolute atomic E-state index is 0.0474. The Morgan fingerprint density at radius 3 is 2.59 bits per heavy atom. The molecule has 1 saturated heterocycles. The fourth-order valence-corrected chi connectivity index (χ4v) is 4.96. The number of rotatable bonds is 4. The largest absolute Gasteiger partial charge is 0.481 e. The van der Waals surface area contributed by atoms with E-state index in [2.05, 4.69) is 12.2 Å². The molecule has 3 fully saturated rings. The molecule has 1 aliphatic heterocycles. The lowest BCUT2D eigenvalue weighted by Crippen LogP contribution is -2.47. The number of amides is 2. The zero-order valence-corrected chi connectivity index (χ0v) is 13.5. The second-order valence-corrected chi connectivity index (χ2v) is 7.44. The predicted octanol–water partition coefficient (Wildman–Crippen LogP) is 2.85. The smallest absolute Gasteiger partial charge is 0.317 e. The van der Waals surface area contributed by atoms with Crippen LogP contribution in [0.3, 0.4) is 0 Å². The summed E-state index contributed by atoms with van der Waals surface area (Å²) in [6.45, 7) is 3.12. The number of hydrogen-bond acceptors (Lipinski definition) is 2. The fraction of sp³-hybridized carbons (Fsp3) is 0.882. The van der Waals surface area contributed by atoms with Crippen LogP contribution >= 0.6 is 0 Å². The Morgan fingerprint density at radius 2 is 2.00 bits per heavy atom. The number of urea groups is 1. The number of nitrogens with zero attached hydrogens (tertiary/aromatic N) is 1. The molecule has 3 rings (SSSR count). The first kappa shape index (κ1) is 15.6. The second kappa shape index (κ2) is 6.09. The van der Waals surface area contributed by atoms with E-state index in [1.54, 1.807) is 4.90 Å². The second-order valence-electron chi connectivity index (χ2n) is 7.44. The van der Waals surface area contributed by atoms with Crippen molar-refractivity contribution in [2.45, 2.75) is 64.3 Å². The van der Waals surface area contributed by atoms with E-state index in [0.717, 1.165) is 25.7 Å². The van der Waals surface area contributed by atoms with Gasteiger partial charge in [0.25, 0.3) is 0 Å². The van der Waals surface area contributed by atoms with Crippen LogP contribution in [0.5, 0.6) is 0 Å². The van der Waals surface area contributed by atoms with Gasteiger partial charge in [-0.15, -0.1) is 0 Å². The molecule has 5 nitrogen and oxygen atoms in total. The molecule has 2 amide bonds. The highest BCUT2D eigenvalue weighted by Gasteiger charge is 2.55. The molecule has 2 aliphatic carbocycles. The number of aliphatic carboxylic acids is 1. The topological polar surface area (TPSA) is 69.6 Å². The summed E-state index contributed by atoms with van der Waals surface area (Å²) in [5.41, 5.74) is -0.674. The molecule has 3 atom stereocenters. The van der Waals surface area contributed by atoms with Gasteiger partial charge in [0.1, 0.15) is 0 Å². The zero-order valence-electron chi connectivity index (χ0n) is 13.5. The first-order chi connectivity index (χ1) is 10.6. The molecule has 3 aliphatic rings. The van der Waals surface area contributed by atoms with E-state index in [4.69, 9.17) is 0 Å². The Labute approximate surface area is 132 Å². The molecule has 1 unspecified atom stereocenters. The molecular formula is C17H28N2O3. The summed E-state index contributed by atoms with van der Waals surface area (Å²) < 4.78 is 0. The van der Waals surface area contributed by atoms with Gasteiger partial charge < -0.3 is 15.3 Å². The normalized spacial score (nSPS) is 33.0. The van der Waals surface area contributed by atoms with Gasteiger partial charge in [0.05, 0.1) is 5.41 Å². The molecule has 2 saturated carbocycles. The van der Waals surface area contributed by atoms with Crippen molar-refractivity contribution in [3.05, 3.63) is 0 Å². The van der Waals surface area contributed by atoms with E-state index in [1.807, 2.05) is 0 Å².